The third kappa shape index (κ3) is 36.4. The number of carbonyl (C=O) groups excluding carboxylic acids is 16. The number of halogens is 1. The maximum Gasteiger partial charge on any atom is 0.246 e. The molecule has 130 heavy (non-hydrogen) atoms. The lowest BCUT2D eigenvalue weighted by molar-refractivity contribution is -0.142. The maximum absolute atomic E-state index is 15.8. The molecule has 7 rings (SSSR count). The molecule has 1 aliphatic heterocycles. The maximum atomic E-state index is 15.8. The van der Waals surface area contributed by atoms with E-state index in [1.807, 2.05) is 56.3 Å². The van der Waals surface area contributed by atoms with Crippen molar-refractivity contribution in [1.82, 2.24) is 84.3 Å². The van der Waals surface area contributed by atoms with Gasteiger partial charge in [0.05, 0.1) is 12.8 Å². The number of nitrogens with one attached hydrogen (secondary N) is 16. The number of pyridine rings is 1. The number of benzene rings is 5. The van der Waals surface area contributed by atoms with Crippen LogP contribution in [0.15, 0.2) is 140 Å². The molecule has 702 valence electrons. The molecule has 6 aromatic rings. The number of hydrogen-bond acceptors (Lipinski definition) is 20. The smallest absolute Gasteiger partial charge is 0.246 e. The average Bonchev–Trinajstić information content (AvgIpc) is 1.55. The van der Waals surface area contributed by atoms with E-state index in [0.29, 0.717) is 77.9 Å². The average molecular weight is 1820 g/mol. The van der Waals surface area contributed by atoms with Gasteiger partial charge in [0.25, 0.3) is 0 Å². The van der Waals surface area contributed by atoms with Crippen molar-refractivity contribution in [2.75, 3.05) is 43.4 Å². The zero-order valence-corrected chi connectivity index (χ0v) is 76.1. The van der Waals surface area contributed by atoms with Crippen LogP contribution in [0.25, 0.3) is 10.8 Å². The van der Waals surface area contributed by atoms with E-state index in [1.165, 1.54) is 100 Å². The number of aliphatic hydroxyl groups is 1. The molecular weight excluding hydrogens is 1690 g/mol. The molecule has 5 aromatic carbocycles. The fourth-order valence-corrected chi connectivity index (χ4v) is 14.9. The van der Waals surface area contributed by atoms with E-state index in [4.69, 9.17) is 17.3 Å². The number of amides is 16. The van der Waals surface area contributed by atoms with Gasteiger partial charge in [0.2, 0.25) is 94.5 Å². The van der Waals surface area contributed by atoms with Crippen molar-refractivity contribution in [1.29, 1.82) is 0 Å². The number of hydrogen-bond donors (Lipinski definition) is 18. The molecule has 19 N–H and O–H groups in total. The van der Waals surface area contributed by atoms with Crippen molar-refractivity contribution < 1.29 is 81.8 Å². The van der Waals surface area contributed by atoms with Crippen LogP contribution in [0, 0.1) is 5.92 Å². The lowest BCUT2D eigenvalue weighted by atomic mass is 9.99. The second-order valence-electron chi connectivity index (χ2n) is 33.4. The molecule has 2 heterocycles. The lowest BCUT2D eigenvalue weighted by Gasteiger charge is -2.31. The number of unbranched alkanes of at least 4 members (excludes halogenated alkanes) is 1. The third-order valence-electron chi connectivity index (χ3n) is 21.2. The molecule has 1 aromatic heterocycles. The normalized spacial score (nSPS) is 14.9. The Morgan fingerprint density at radius 3 is 1.27 bits per heavy atom. The van der Waals surface area contributed by atoms with Crippen molar-refractivity contribution in [3.63, 3.8) is 0 Å². The monoisotopic (exact) mass is 1820 g/mol. The van der Waals surface area contributed by atoms with Gasteiger partial charge in [0.1, 0.15) is 66.5 Å². The Morgan fingerprint density at radius 1 is 0.415 bits per heavy atom. The first kappa shape index (κ1) is 104. The summed E-state index contributed by atoms with van der Waals surface area (Å²) in [5, 5.41) is 57.6. The van der Waals surface area contributed by atoms with Gasteiger partial charge in [0.15, 0.2) is 0 Å². The SMILES string of the molecule is CC(=O)NCCC[C@H](NC(C)=O)C(=O)Nc1ccc(C[C@H](NC(=O)[C@H](CO)NC(=O)[C@@H](Cc2cccnc2)NC(=O)[C@@H](Cc2ccc(Cl)cc2)NC(=O)[C@@H](Cc2ccc3ccccc3c2)NC(C)=O)C(=O)N[C@H](Cc2ccc(NC(=O)[C@@H](CCCNC(C)=O)NC(C)=O)cc2)C(=O)N[C@@H](CC(C)C)C(=O)N[C@@H](CCCCNC(C)C)C(=O)N2CCC[C@H]2C(=O)N[C@H](C)N)cc1. The predicted molar refractivity (Wildman–Crippen MR) is 491 cm³/mol. The van der Waals surface area contributed by atoms with Crippen molar-refractivity contribution >= 4 is 128 Å². The fraction of sp³-hybridized carbons (Fsp3) is 0.473. The summed E-state index contributed by atoms with van der Waals surface area (Å²) in [6.07, 6.45) is 3.72. The highest BCUT2D eigenvalue weighted by molar-refractivity contribution is 6.30. The Balaban J connectivity index is 1.26. The van der Waals surface area contributed by atoms with E-state index < -0.39 is 168 Å². The molecule has 1 fully saturated rings. The van der Waals surface area contributed by atoms with Crippen molar-refractivity contribution in [3.8, 4) is 0 Å². The van der Waals surface area contributed by atoms with Gasteiger partial charge in [-0.05, 0) is 165 Å². The Morgan fingerprint density at radius 2 is 0.823 bits per heavy atom. The number of aliphatic hydroxyl groups excluding tert-OH is 1. The van der Waals surface area contributed by atoms with Crippen LogP contribution in [0.4, 0.5) is 11.4 Å². The number of rotatable bonds is 51. The molecule has 0 saturated carbocycles. The zero-order chi connectivity index (χ0) is 95.1. The summed E-state index contributed by atoms with van der Waals surface area (Å²) in [4.78, 5) is 229. The Labute approximate surface area is 762 Å². The first-order valence-electron chi connectivity index (χ1n) is 43.9. The van der Waals surface area contributed by atoms with Crippen LogP contribution < -0.4 is 90.8 Å². The first-order chi connectivity index (χ1) is 61.9. The number of carbonyl (C=O) groups is 16. The van der Waals surface area contributed by atoms with Gasteiger partial charge in [-0.3, -0.25) is 81.7 Å². The number of nitrogens with two attached hydrogens (primary N) is 1. The van der Waals surface area contributed by atoms with Crippen LogP contribution in [0.5, 0.6) is 0 Å². The van der Waals surface area contributed by atoms with E-state index in [1.54, 1.807) is 57.2 Å². The quantitative estimate of drug-likeness (QED) is 0.0193. The van der Waals surface area contributed by atoms with E-state index in [-0.39, 0.29) is 106 Å². The van der Waals surface area contributed by atoms with Gasteiger partial charge < -0.3 is 101 Å². The standard InChI is InChI=1S/C93H126ClN19O17/c1-54(2)45-75(85(122)106-74(22-13-14-41-97-55(3)4)93(130)113-44-18-25-82(113)92(129)100-56(5)95)107-87(124)78(48-63-29-36-70(37-30-63)104-83(120)72(101-59(8)117)23-16-42-98-57(6)115)109-89(126)79(49-64-31-38-71(39-32-64)105-84(121)73(102-60(9)118)24-17-43-99-58(7)116)111-91(128)81(53-114)112-90(127)80(51-66-19-15-40-96-52-66)110-88(125)77(47-62-27-34-69(94)35-28-62)108-86(123)76(103-61(10)119)50-65-26-33-67-20-11-12-21-68(67)46-65/h11-12,15,19-21,26-40,46,52,54-56,72-82,97,114H,13-14,16-18,22-25,41-45,47-51,53,95H2,1-10H3,(H,98,115)(H,99,116)(H,100,129)(H,101,117)(H,102,118)(H,103,119)(H,104,120)(H,105,121)(H,106,122)(H,107,124)(H,108,123)(H,109,126)(H,110,125)(H,111,128)(H,112,127)/t56-,72-,73+,74+,75+,76-,77-,78-,79+,80-,81+,82+/m1/s1. The molecule has 12 atom stereocenters. The minimum atomic E-state index is -1.94. The number of likely N-dealkylation sites (tertiary alicyclic amines) is 1. The van der Waals surface area contributed by atoms with Crippen LogP contribution in [0.1, 0.15) is 161 Å². The van der Waals surface area contributed by atoms with Gasteiger partial charge in [-0.25, -0.2) is 0 Å². The van der Waals surface area contributed by atoms with E-state index in [9.17, 15) is 53.1 Å². The second kappa shape index (κ2) is 53.2. The van der Waals surface area contributed by atoms with Crippen molar-refractivity contribution in [3.05, 3.63) is 173 Å². The highest BCUT2D eigenvalue weighted by atomic mass is 35.5. The summed E-state index contributed by atoms with van der Waals surface area (Å²) in [5.41, 5.74) is 8.64. The van der Waals surface area contributed by atoms with Crippen LogP contribution >= 0.6 is 11.6 Å². The van der Waals surface area contributed by atoms with Gasteiger partial charge in [-0.2, -0.15) is 0 Å². The molecule has 0 aliphatic carbocycles. The Hall–Kier alpha value is -12.8. The summed E-state index contributed by atoms with van der Waals surface area (Å²) in [5.74, 6) is -11.4. The van der Waals surface area contributed by atoms with Crippen LogP contribution in [0.3, 0.4) is 0 Å². The summed E-state index contributed by atoms with van der Waals surface area (Å²) < 4.78 is 0. The zero-order valence-electron chi connectivity index (χ0n) is 75.3. The number of aromatic nitrogens is 1. The lowest BCUT2D eigenvalue weighted by Crippen LogP contribution is -2.62. The minimum absolute atomic E-state index is 0.00235. The van der Waals surface area contributed by atoms with Crippen LogP contribution in [0.2, 0.25) is 5.02 Å². The van der Waals surface area contributed by atoms with Crippen molar-refractivity contribution in [2.24, 2.45) is 11.7 Å². The topological polar surface area (TPSA) is 528 Å². The summed E-state index contributed by atoms with van der Waals surface area (Å²) >= 11 is 6.30. The summed E-state index contributed by atoms with van der Waals surface area (Å²) in [7, 11) is 0. The van der Waals surface area contributed by atoms with Crippen molar-refractivity contribution in [2.45, 2.75) is 244 Å². The first-order valence-corrected chi connectivity index (χ1v) is 44.3. The van der Waals surface area contributed by atoms with Gasteiger partial charge in [-0.15, -0.1) is 0 Å². The van der Waals surface area contributed by atoms with Gasteiger partial charge in [-0.1, -0.05) is 124 Å². The fourth-order valence-electron chi connectivity index (χ4n) is 14.8. The summed E-state index contributed by atoms with van der Waals surface area (Å²) in [6, 6.07) is 19.6. The molecule has 0 bridgehead atoms. The van der Waals surface area contributed by atoms with Crippen LogP contribution in [-0.2, 0) is 109 Å². The Bertz CT molecular complexity index is 4850. The highest BCUT2D eigenvalue weighted by Gasteiger charge is 2.41. The molecule has 1 aliphatic rings. The number of nitrogens with zero attached hydrogens (tertiary/aromatic N) is 2. The molecule has 37 heteroatoms. The van der Waals surface area contributed by atoms with E-state index >= 15 is 28.8 Å². The second-order valence-corrected chi connectivity index (χ2v) is 33.8. The molecule has 36 nitrogen and oxygen atoms in total. The predicted octanol–water partition coefficient (Wildman–Crippen LogP) is 2.64. The van der Waals surface area contributed by atoms with Crippen LogP contribution in [-0.4, -0.2) is 221 Å². The summed E-state index contributed by atoms with van der Waals surface area (Å²) in [6.45, 7) is 15.6. The third-order valence-corrected chi connectivity index (χ3v) is 21.5. The van der Waals surface area contributed by atoms with E-state index in [2.05, 4.69) is 90.1 Å². The highest BCUT2D eigenvalue weighted by Crippen LogP contribution is 2.24. The largest absolute Gasteiger partial charge is 0.394 e. The Kier molecular flexibility index (Phi) is 42.7. The number of anilines is 2. The molecular formula is C93H126ClN19O17. The molecule has 16 amide bonds. The molecule has 0 spiro atoms. The molecule has 0 radical (unpaired) electrons. The van der Waals surface area contributed by atoms with E-state index in [0.717, 1.165) is 10.8 Å². The number of fused-ring (bicyclic) bond motifs is 1. The van der Waals surface area contributed by atoms with Gasteiger partial charge >= 0.3 is 0 Å². The molecule has 0 unspecified atom stereocenters. The molecule has 1 saturated heterocycles. The minimum Gasteiger partial charge on any atom is -0.394 e. The van der Waals surface area contributed by atoms with Gasteiger partial charge in [0, 0.05) is 121 Å².